The van der Waals surface area contributed by atoms with Crippen LogP contribution in [0, 0.1) is 6.92 Å². The van der Waals surface area contributed by atoms with Crippen LogP contribution in [-0.2, 0) is 12.3 Å². The number of thioether (sulfide) groups is 1. The summed E-state index contributed by atoms with van der Waals surface area (Å²) in [6.45, 7) is 6.67. The molecule has 1 aromatic heterocycles. The molecule has 0 saturated carbocycles. The van der Waals surface area contributed by atoms with Crippen LogP contribution in [0.15, 0.2) is 66.3 Å². The van der Waals surface area contributed by atoms with Gasteiger partial charge in [-0.15, -0.1) is 16.8 Å². The minimum atomic E-state index is 0.671. The zero-order chi connectivity index (χ0) is 17.6. The second kappa shape index (κ2) is 8.03. The number of aryl methyl sites for hydroxylation is 1. The van der Waals surface area contributed by atoms with Gasteiger partial charge in [0.25, 0.3) is 0 Å². The van der Waals surface area contributed by atoms with E-state index in [0.29, 0.717) is 6.54 Å². The number of hydrogen-bond donors (Lipinski definition) is 0. The van der Waals surface area contributed by atoms with E-state index in [4.69, 9.17) is 4.74 Å². The highest BCUT2D eigenvalue weighted by atomic mass is 32.2. The predicted molar refractivity (Wildman–Crippen MR) is 103 cm³/mol. The summed E-state index contributed by atoms with van der Waals surface area (Å²) < 4.78 is 7.32. The van der Waals surface area contributed by atoms with Crippen molar-refractivity contribution in [2.24, 2.45) is 0 Å². The number of hydrogen-bond acceptors (Lipinski definition) is 4. The number of benzene rings is 2. The third kappa shape index (κ3) is 3.94. The fraction of sp³-hybridized carbons (Fsp3) is 0.200. The third-order valence-corrected chi connectivity index (χ3v) is 5.01. The van der Waals surface area contributed by atoms with Crippen molar-refractivity contribution in [3.05, 3.63) is 72.3 Å². The lowest BCUT2D eigenvalue weighted by Crippen LogP contribution is -2.01. The maximum atomic E-state index is 5.22. The van der Waals surface area contributed by atoms with Crippen LogP contribution < -0.4 is 4.74 Å². The number of aromatic nitrogens is 3. The van der Waals surface area contributed by atoms with Gasteiger partial charge in [0.1, 0.15) is 5.75 Å². The van der Waals surface area contributed by atoms with Gasteiger partial charge >= 0.3 is 0 Å². The van der Waals surface area contributed by atoms with E-state index in [-0.39, 0.29) is 0 Å². The zero-order valence-corrected chi connectivity index (χ0v) is 15.3. The van der Waals surface area contributed by atoms with E-state index in [9.17, 15) is 0 Å². The van der Waals surface area contributed by atoms with Crippen molar-refractivity contribution < 1.29 is 4.74 Å². The standard InChI is InChI=1S/C20H21N3OS/c1-4-13-23-19(16-9-11-18(24-3)12-10-16)21-22-20(23)25-14-17-8-6-5-7-15(17)2/h4-12H,1,13-14H2,2-3H3. The summed E-state index contributed by atoms with van der Waals surface area (Å²) in [7, 11) is 1.66. The van der Waals surface area contributed by atoms with E-state index >= 15 is 0 Å². The van der Waals surface area contributed by atoms with E-state index in [1.54, 1.807) is 18.9 Å². The minimum Gasteiger partial charge on any atom is -0.497 e. The first-order valence-electron chi connectivity index (χ1n) is 8.08. The average molecular weight is 351 g/mol. The Morgan fingerprint density at radius 1 is 1.12 bits per heavy atom. The predicted octanol–water partition coefficient (Wildman–Crippen LogP) is 4.74. The molecule has 0 unspecified atom stereocenters. The first-order chi connectivity index (χ1) is 12.2. The number of nitrogens with zero attached hydrogens (tertiary/aromatic N) is 3. The van der Waals surface area contributed by atoms with Crippen LogP contribution in [0.1, 0.15) is 11.1 Å². The van der Waals surface area contributed by atoms with Crippen LogP contribution in [0.4, 0.5) is 0 Å². The first-order valence-corrected chi connectivity index (χ1v) is 9.07. The highest BCUT2D eigenvalue weighted by Crippen LogP contribution is 2.28. The van der Waals surface area contributed by atoms with Crippen LogP contribution in [0.5, 0.6) is 5.75 Å². The molecule has 25 heavy (non-hydrogen) atoms. The Morgan fingerprint density at radius 3 is 2.56 bits per heavy atom. The Balaban J connectivity index is 1.86. The largest absolute Gasteiger partial charge is 0.497 e. The molecular formula is C20H21N3OS. The van der Waals surface area contributed by atoms with E-state index < -0.39 is 0 Å². The summed E-state index contributed by atoms with van der Waals surface area (Å²) in [5, 5.41) is 9.69. The van der Waals surface area contributed by atoms with Crippen LogP contribution in [0.3, 0.4) is 0 Å². The Kier molecular flexibility index (Phi) is 5.56. The number of allylic oxidation sites excluding steroid dienone is 1. The Bertz CT molecular complexity index is 856. The smallest absolute Gasteiger partial charge is 0.192 e. The molecule has 0 N–H and O–H groups in total. The quantitative estimate of drug-likeness (QED) is 0.455. The molecule has 0 radical (unpaired) electrons. The summed E-state index contributed by atoms with van der Waals surface area (Å²) in [5.41, 5.74) is 3.62. The first kappa shape index (κ1) is 17.3. The van der Waals surface area contributed by atoms with Gasteiger partial charge in [-0.2, -0.15) is 0 Å². The summed E-state index contributed by atoms with van der Waals surface area (Å²) in [4.78, 5) is 0. The average Bonchev–Trinajstić information content (AvgIpc) is 3.04. The molecule has 128 valence electrons. The van der Waals surface area contributed by atoms with Gasteiger partial charge in [0.15, 0.2) is 11.0 Å². The molecule has 3 aromatic rings. The molecule has 0 aliphatic heterocycles. The van der Waals surface area contributed by atoms with Gasteiger partial charge < -0.3 is 4.74 Å². The van der Waals surface area contributed by atoms with Gasteiger partial charge in [-0.3, -0.25) is 4.57 Å². The Morgan fingerprint density at radius 2 is 1.88 bits per heavy atom. The SMILES string of the molecule is C=CCn1c(SCc2ccccc2C)nnc1-c1ccc(OC)cc1. The number of ether oxygens (including phenoxy) is 1. The highest BCUT2D eigenvalue weighted by Gasteiger charge is 2.14. The van der Waals surface area contributed by atoms with Crippen molar-refractivity contribution >= 4 is 11.8 Å². The van der Waals surface area contributed by atoms with Crippen molar-refractivity contribution in [2.45, 2.75) is 24.4 Å². The lowest BCUT2D eigenvalue weighted by Gasteiger charge is -2.09. The van der Waals surface area contributed by atoms with Gasteiger partial charge in [0.05, 0.1) is 7.11 Å². The fourth-order valence-corrected chi connectivity index (χ4v) is 3.58. The van der Waals surface area contributed by atoms with Crippen molar-refractivity contribution in [3.63, 3.8) is 0 Å². The number of rotatable bonds is 7. The van der Waals surface area contributed by atoms with Crippen LogP contribution in [0.2, 0.25) is 0 Å². The molecule has 0 aliphatic carbocycles. The van der Waals surface area contributed by atoms with Gasteiger partial charge in [-0.1, -0.05) is 42.1 Å². The van der Waals surface area contributed by atoms with E-state index in [1.165, 1.54) is 11.1 Å². The van der Waals surface area contributed by atoms with Crippen LogP contribution in [0.25, 0.3) is 11.4 Å². The zero-order valence-electron chi connectivity index (χ0n) is 14.5. The fourth-order valence-electron chi connectivity index (χ4n) is 2.56. The second-order valence-electron chi connectivity index (χ2n) is 5.65. The maximum Gasteiger partial charge on any atom is 0.192 e. The summed E-state index contributed by atoms with van der Waals surface area (Å²) in [6, 6.07) is 16.3. The van der Waals surface area contributed by atoms with E-state index in [2.05, 4.69) is 52.5 Å². The lowest BCUT2D eigenvalue weighted by molar-refractivity contribution is 0.415. The molecule has 0 fully saturated rings. The lowest BCUT2D eigenvalue weighted by atomic mass is 10.1. The maximum absolute atomic E-state index is 5.22. The van der Waals surface area contributed by atoms with Crippen molar-refractivity contribution in [2.75, 3.05) is 7.11 Å². The molecule has 5 heteroatoms. The molecule has 0 bridgehead atoms. The third-order valence-electron chi connectivity index (χ3n) is 3.99. The molecule has 0 spiro atoms. The van der Waals surface area contributed by atoms with Gasteiger partial charge in [0.2, 0.25) is 0 Å². The molecule has 0 amide bonds. The van der Waals surface area contributed by atoms with Crippen molar-refractivity contribution in [3.8, 4) is 17.1 Å². The van der Waals surface area contributed by atoms with Crippen molar-refractivity contribution in [1.82, 2.24) is 14.8 Å². The molecule has 0 atom stereocenters. The van der Waals surface area contributed by atoms with Crippen molar-refractivity contribution in [1.29, 1.82) is 0 Å². The Labute approximate surface area is 152 Å². The molecule has 3 rings (SSSR count). The Hall–Kier alpha value is -2.53. The van der Waals surface area contributed by atoms with E-state index in [1.807, 2.05) is 30.3 Å². The minimum absolute atomic E-state index is 0.671. The summed E-state index contributed by atoms with van der Waals surface area (Å²) >= 11 is 1.69. The molecule has 2 aromatic carbocycles. The van der Waals surface area contributed by atoms with Crippen LogP contribution >= 0.6 is 11.8 Å². The highest BCUT2D eigenvalue weighted by molar-refractivity contribution is 7.98. The molecule has 0 saturated heterocycles. The molecule has 1 heterocycles. The summed E-state index contributed by atoms with van der Waals surface area (Å²) in [6.07, 6.45) is 1.87. The molecule has 4 nitrogen and oxygen atoms in total. The normalized spacial score (nSPS) is 10.6. The van der Waals surface area contributed by atoms with Gasteiger partial charge in [0, 0.05) is 17.9 Å². The molecule has 0 aliphatic rings. The van der Waals surface area contributed by atoms with E-state index in [0.717, 1.165) is 28.0 Å². The molecular weight excluding hydrogens is 330 g/mol. The number of methoxy groups -OCH3 is 1. The topological polar surface area (TPSA) is 39.9 Å². The van der Waals surface area contributed by atoms with Gasteiger partial charge in [-0.25, -0.2) is 0 Å². The van der Waals surface area contributed by atoms with Crippen LogP contribution in [-0.4, -0.2) is 21.9 Å². The summed E-state index contributed by atoms with van der Waals surface area (Å²) in [5.74, 6) is 2.53. The second-order valence-corrected chi connectivity index (χ2v) is 6.59. The van der Waals surface area contributed by atoms with Gasteiger partial charge in [-0.05, 0) is 42.3 Å². The monoisotopic (exact) mass is 351 g/mol.